The Balaban J connectivity index is 2.21. The van der Waals surface area contributed by atoms with Gasteiger partial charge in [0.25, 0.3) is 0 Å². The Morgan fingerprint density at radius 3 is 2.44 bits per heavy atom. The summed E-state index contributed by atoms with van der Waals surface area (Å²) in [6, 6.07) is 8.07. The van der Waals surface area contributed by atoms with Crippen LogP contribution in [-0.4, -0.2) is 25.9 Å². The maximum absolute atomic E-state index is 11.8. The van der Waals surface area contributed by atoms with Crippen molar-refractivity contribution in [3.63, 3.8) is 0 Å². The van der Waals surface area contributed by atoms with Crippen LogP contribution in [0.2, 0.25) is 0 Å². The van der Waals surface area contributed by atoms with Gasteiger partial charge in [-0.2, -0.15) is 13.2 Å². The average molecular weight is 373 g/mol. The van der Waals surface area contributed by atoms with Crippen LogP contribution in [0.5, 0.6) is 0 Å². The van der Waals surface area contributed by atoms with Crippen molar-refractivity contribution in [2.45, 2.75) is 19.1 Å². The number of halogens is 4. The van der Waals surface area contributed by atoms with Gasteiger partial charge in [-0.3, -0.25) is 0 Å². The van der Waals surface area contributed by atoms with Crippen molar-refractivity contribution in [2.24, 2.45) is 0 Å². The lowest BCUT2D eigenvalue weighted by molar-refractivity contribution is -0.173. The maximum Gasteiger partial charge on any atom is 0.411 e. The number of ether oxygens (including phenoxy) is 1. The van der Waals surface area contributed by atoms with Crippen molar-refractivity contribution >= 4 is 22.6 Å². The molecule has 102 valence electrons. The monoisotopic (exact) mass is 373 g/mol. The Morgan fingerprint density at radius 2 is 1.89 bits per heavy atom. The zero-order valence-electron chi connectivity index (χ0n) is 9.93. The van der Waals surface area contributed by atoms with Crippen molar-refractivity contribution in [3.05, 3.63) is 33.4 Å². The summed E-state index contributed by atoms with van der Waals surface area (Å²) in [7, 11) is 0. The van der Waals surface area contributed by atoms with Gasteiger partial charge in [-0.1, -0.05) is 12.1 Å². The first-order valence-electron chi connectivity index (χ1n) is 5.52. The molecule has 1 unspecified atom stereocenters. The standard InChI is InChI=1S/C12H15F3INO/c1-9(10-2-4-11(16)5-3-10)17-6-7-18-8-12(13,14)15/h2-5,9,17H,6-8H2,1H3. The highest BCUT2D eigenvalue weighted by molar-refractivity contribution is 14.1. The summed E-state index contributed by atoms with van der Waals surface area (Å²) < 4.78 is 41.1. The molecule has 0 bridgehead atoms. The highest BCUT2D eigenvalue weighted by Gasteiger charge is 2.27. The molecule has 0 radical (unpaired) electrons. The van der Waals surface area contributed by atoms with E-state index < -0.39 is 12.8 Å². The molecule has 0 aliphatic rings. The van der Waals surface area contributed by atoms with Gasteiger partial charge in [-0.05, 0) is 47.2 Å². The zero-order valence-corrected chi connectivity index (χ0v) is 12.1. The Hall–Kier alpha value is -0.340. The number of nitrogens with one attached hydrogen (secondary N) is 1. The van der Waals surface area contributed by atoms with Crippen LogP contribution < -0.4 is 5.32 Å². The molecule has 1 atom stereocenters. The first kappa shape index (κ1) is 15.7. The van der Waals surface area contributed by atoms with Gasteiger partial charge in [-0.15, -0.1) is 0 Å². The highest BCUT2D eigenvalue weighted by atomic mass is 127. The molecule has 0 aliphatic heterocycles. The quantitative estimate of drug-likeness (QED) is 0.609. The summed E-state index contributed by atoms with van der Waals surface area (Å²) in [4.78, 5) is 0. The van der Waals surface area contributed by atoms with E-state index in [1.54, 1.807) is 0 Å². The van der Waals surface area contributed by atoms with E-state index in [1.165, 1.54) is 0 Å². The molecule has 1 N–H and O–H groups in total. The average Bonchev–Trinajstić information content (AvgIpc) is 2.27. The molecule has 0 amide bonds. The fourth-order valence-electron chi connectivity index (χ4n) is 1.40. The molecular formula is C12H15F3INO. The van der Waals surface area contributed by atoms with Gasteiger partial charge in [-0.25, -0.2) is 0 Å². The molecule has 1 aromatic rings. The summed E-state index contributed by atoms with van der Waals surface area (Å²) in [6.45, 7) is 1.22. The van der Waals surface area contributed by atoms with E-state index in [0.29, 0.717) is 6.54 Å². The van der Waals surface area contributed by atoms with Gasteiger partial charge in [0.2, 0.25) is 0 Å². The molecule has 0 aliphatic carbocycles. The zero-order chi connectivity index (χ0) is 13.6. The number of benzene rings is 1. The third-order valence-corrected chi connectivity index (χ3v) is 3.05. The third-order valence-electron chi connectivity index (χ3n) is 2.33. The van der Waals surface area contributed by atoms with Crippen LogP contribution in [0.25, 0.3) is 0 Å². The molecule has 0 spiro atoms. The summed E-state index contributed by atoms with van der Waals surface area (Å²) >= 11 is 2.22. The lowest BCUT2D eigenvalue weighted by Gasteiger charge is -2.14. The second-order valence-corrected chi connectivity index (χ2v) is 5.14. The molecule has 6 heteroatoms. The molecule has 0 fully saturated rings. The lowest BCUT2D eigenvalue weighted by Crippen LogP contribution is -2.25. The van der Waals surface area contributed by atoms with Crippen LogP contribution in [0.15, 0.2) is 24.3 Å². The normalized spacial score (nSPS) is 13.6. The largest absolute Gasteiger partial charge is 0.411 e. The second kappa shape index (κ2) is 7.30. The minimum absolute atomic E-state index is 0.0498. The highest BCUT2D eigenvalue weighted by Crippen LogP contribution is 2.15. The van der Waals surface area contributed by atoms with E-state index in [4.69, 9.17) is 0 Å². The van der Waals surface area contributed by atoms with E-state index in [9.17, 15) is 13.2 Å². The number of rotatable bonds is 6. The van der Waals surface area contributed by atoms with Crippen LogP contribution in [-0.2, 0) is 4.74 Å². The minimum atomic E-state index is -4.25. The first-order chi connectivity index (χ1) is 8.38. The van der Waals surface area contributed by atoms with E-state index in [1.807, 2.05) is 31.2 Å². The predicted octanol–water partition coefficient (Wildman–Crippen LogP) is 3.52. The van der Waals surface area contributed by atoms with Crippen molar-refractivity contribution < 1.29 is 17.9 Å². The van der Waals surface area contributed by atoms with Crippen molar-refractivity contribution in [2.75, 3.05) is 19.8 Å². The number of hydrogen-bond acceptors (Lipinski definition) is 2. The van der Waals surface area contributed by atoms with Crippen LogP contribution in [0.3, 0.4) is 0 Å². The Morgan fingerprint density at radius 1 is 1.28 bits per heavy atom. The van der Waals surface area contributed by atoms with Crippen LogP contribution in [0, 0.1) is 3.57 Å². The second-order valence-electron chi connectivity index (χ2n) is 3.90. The van der Waals surface area contributed by atoms with Crippen molar-refractivity contribution in [1.82, 2.24) is 5.32 Å². The Bertz CT molecular complexity index is 353. The summed E-state index contributed by atoms with van der Waals surface area (Å²) in [5.74, 6) is 0. The van der Waals surface area contributed by atoms with Crippen LogP contribution in [0.4, 0.5) is 13.2 Å². The van der Waals surface area contributed by atoms with E-state index in [0.717, 1.165) is 9.13 Å². The van der Waals surface area contributed by atoms with Gasteiger partial charge in [0.1, 0.15) is 6.61 Å². The van der Waals surface area contributed by atoms with Gasteiger partial charge >= 0.3 is 6.18 Å². The van der Waals surface area contributed by atoms with Crippen molar-refractivity contribution in [3.8, 4) is 0 Å². The van der Waals surface area contributed by atoms with Crippen LogP contribution in [0.1, 0.15) is 18.5 Å². The molecule has 1 rings (SSSR count). The SMILES string of the molecule is CC(NCCOCC(F)(F)F)c1ccc(I)cc1. The molecule has 2 nitrogen and oxygen atoms in total. The molecule has 0 saturated heterocycles. The lowest BCUT2D eigenvalue weighted by atomic mass is 10.1. The van der Waals surface area contributed by atoms with Gasteiger partial charge in [0, 0.05) is 16.2 Å². The number of hydrogen-bond donors (Lipinski definition) is 1. The minimum Gasteiger partial charge on any atom is -0.371 e. The predicted molar refractivity (Wildman–Crippen MR) is 72.5 cm³/mol. The molecule has 1 aromatic carbocycles. The first-order valence-corrected chi connectivity index (χ1v) is 6.60. The van der Waals surface area contributed by atoms with Crippen LogP contribution >= 0.6 is 22.6 Å². The molecule has 0 aromatic heterocycles. The molecule has 0 heterocycles. The van der Waals surface area contributed by atoms with E-state index in [-0.39, 0.29) is 12.6 Å². The van der Waals surface area contributed by atoms with E-state index in [2.05, 4.69) is 32.6 Å². The number of alkyl halides is 3. The Labute approximate surface area is 118 Å². The van der Waals surface area contributed by atoms with Crippen molar-refractivity contribution in [1.29, 1.82) is 0 Å². The van der Waals surface area contributed by atoms with Gasteiger partial charge in [0.15, 0.2) is 0 Å². The maximum atomic E-state index is 11.8. The molecule has 18 heavy (non-hydrogen) atoms. The summed E-state index contributed by atoms with van der Waals surface area (Å²) in [5, 5.41) is 3.11. The smallest absolute Gasteiger partial charge is 0.371 e. The van der Waals surface area contributed by atoms with Gasteiger partial charge < -0.3 is 10.1 Å². The fraction of sp³-hybridized carbons (Fsp3) is 0.500. The fourth-order valence-corrected chi connectivity index (χ4v) is 1.76. The topological polar surface area (TPSA) is 21.3 Å². The molecule has 0 saturated carbocycles. The summed E-state index contributed by atoms with van der Waals surface area (Å²) in [6.07, 6.45) is -4.25. The Kier molecular flexibility index (Phi) is 6.37. The van der Waals surface area contributed by atoms with Gasteiger partial charge in [0.05, 0.1) is 6.61 Å². The summed E-state index contributed by atoms with van der Waals surface area (Å²) in [5.41, 5.74) is 1.10. The molecular weight excluding hydrogens is 358 g/mol. The third kappa shape index (κ3) is 6.55. The van der Waals surface area contributed by atoms with E-state index >= 15 is 0 Å².